The first kappa shape index (κ1) is 12.7. The Labute approximate surface area is 115 Å². The van der Waals surface area contributed by atoms with E-state index in [0.29, 0.717) is 16.3 Å². The second kappa shape index (κ2) is 4.68. The predicted molar refractivity (Wildman–Crippen MR) is 73.6 cm³/mol. The number of nitrogens with two attached hydrogens (primary N) is 1. The lowest BCUT2D eigenvalue weighted by atomic mass is 10.3. The Bertz CT molecular complexity index is 801. The molecule has 0 atom stereocenters. The smallest absolute Gasteiger partial charge is 0.196 e. The lowest BCUT2D eigenvalue weighted by Gasteiger charge is -2.04. The van der Waals surface area contributed by atoms with Gasteiger partial charge in [0.1, 0.15) is 0 Å². The summed E-state index contributed by atoms with van der Waals surface area (Å²) in [5.41, 5.74) is 6.76. The highest BCUT2D eigenvalue weighted by atomic mass is 32.1. The Kier molecular flexibility index (Phi) is 2.98. The van der Waals surface area contributed by atoms with Crippen LogP contribution >= 0.6 is 11.3 Å². The molecule has 0 bridgehead atoms. The Morgan fingerprint density at radius 1 is 1.05 bits per heavy atom. The predicted octanol–water partition coefficient (Wildman–Crippen LogP) is 4.04. The summed E-state index contributed by atoms with van der Waals surface area (Å²) in [6.07, 6.45) is 0. The van der Waals surface area contributed by atoms with Crippen LogP contribution in [0.2, 0.25) is 0 Å². The number of nitrogens with zero attached hydrogens (tertiary/aromatic N) is 1. The van der Waals surface area contributed by atoms with Crippen LogP contribution in [0.5, 0.6) is 0 Å². The number of fused-ring (bicyclic) bond motifs is 1. The van der Waals surface area contributed by atoms with Gasteiger partial charge >= 0.3 is 0 Å². The van der Waals surface area contributed by atoms with Gasteiger partial charge in [0.15, 0.2) is 22.6 Å². The van der Waals surface area contributed by atoms with Crippen LogP contribution in [0.4, 0.5) is 29.7 Å². The molecule has 102 valence electrons. The fraction of sp³-hybridized carbons (Fsp3) is 0. The maximum atomic E-state index is 13.5. The lowest BCUT2D eigenvalue weighted by Crippen LogP contribution is -1.98. The van der Waals surface area contributed by atoms with Crippen molar-refractivity contribution in [2.24, 2.45) is 0 Å². The van der Waals surface area contributed by atoms with Crippen molar-refractivity contribution >= 4 is 38.1 Å². The van der Waals surface area contributed by atoms with Crippen LogP contribution in [0.1, 0.15) is 0 Å². The van der Waals surface area contributed by atoms with Crippen molar-refractivity contribution < 1.29 is 13.2 Å². The van der Waals surface area contributed by atoms with Gasteiger partial charge in [-0.05, 0) is 30.3 Å². The van der Waals surface area contributed by atoms with E-state index in [2.05, 4.69) is 10.3 Å². The molecule has 2 aromatic carbocycles. The van der Waals surface area contributed by atoms with Crippen LogP contribution in [-0.2, 0) is 0 Å². The van der Waals surface area contributed by atoms with Gasteiger partial charge in [0, 0.05) is 5.69 Å². The molecule has 20 heavy (non-hydrogen) atoms. The molecule has 0 spiro atoms. The van der Waals surface area contributed by atoms with Gasteiger partial charge in [0.2, 0.25) is 0 Å². The Hall–Kier alpha value is -2.28. The van der Waals surface area contributed by atoms with Crippen molar-refractivity contribution in [2.45, 2.75) is 0 Å². The van der Waals surface area contributed by atoms with Crippen molar-refractivity contribution in [1.82, 2.24) is 4.98 Å². The van der Waals surface area contributed by atoms with E-state index in [0.717, 1.165) is 16.8 Å². The fourth-order valence-electron chi connectivity index (χ4n) is 1.73. The topological polar surface area (TPSA) is 50.9 Å². The minimum atomic E-state index is -1.51. The molecule has 0 aliphatic carbocycles. The number of rotatable bonds is 2. The molecule has 1 aromatic heterocycles. The number of hydrogen-bond donors (Lipinski definition) is 2. The van der Waals surface area contributed by atoms with Crippen LogP contribution < -0.4 is 11.1 Å². The molecule has 0 fully saturated rings. The number of nitrogens with one attached hydrogen (secondary N) is 1. The first-order valence-corrected chi connectivity index (χ1v) is 6.43. The maximum absolute atomic E-state index is 13.5. The molecule has 3 aromatic rings. The summed E-state index contributed by atoms with van der Waals surface area (Å²) in [5.74, 6) is -4.02. The second-order valence-corrected chi connectivity index (χ2v) is 5.12. The number of aromatic nitrogens is 1. The standard InChI is InChI=1S/C13H8F3N3S/c14-7-2-4-9(12(16)11(7)15)19-13-18-8-3-1-6(17)5-10(8)20-13/h1-5H,17H2,(H,18,19). The summed E-state index contributed by atoms with van der Waals surface area (Å²) in [4.78, 5) is 4.21. The molecule has 1 heterocycles. The highest BCUT2D eigenvalue weighted by molar-refractivity contribution is 7.22. The third-order valence-electron chi connectivity index (χ3n) is 2.69. The van der Waals surface area contributed by atoms with Crippen molar-refractivity contribution in [2.75, 3.05) is 11.1 Å². The van der Waals surface area contributed by atoms with E-state index >= 15 is 0 Å². The van der Waals surface area contributed by atoms with Crippen LogP contribution in [0.15, 0.2) is 30.3 Å². The highest BCUT2D eigenvalue weighted by Crippen LogP contribution is 2.31. The molecule has 0 saturated carbocycles. The van der Waals surface area contributed by atoms with Crippen molar-refractivity contribution in [3.63, 3.8) is 0 Å². The number of benzene rings is 2. The summed E-state index contributed by atoms with van der Waals surface area (Å²) in [6, 6.07) is 7.14. The largest absolute Gasteiger partial charge is 0.399 e. The molecule has 3 N–H and O–H groups in total. The van der Waals surface area contributed by atoms with Crippen molar-refractivity contribution in [3.05, 3.63) is 47.8 Å². The average molecular weight is 295 g/mol. The molecule has 0 unspecified atom stereocenters. The maximum Gasteiger partial charge on any atom is 0.196 e. The molecule has 0 aliphatic rings. The van der Waals surface area contributed by atoms with Crippen LogP contribution in [0.3, 0.4) is 0 Å². The van der Waals surface area contributed by atoms with Crippen molar-refractivity contribution in [3.8, 4) is 0 Å². The van der Waals surface area contributed by atoms with Gasteiger partial charge < -0.3 is 11.1 Å². The summed E-state index contributed by atoms with van der Waals surface area (Å²) >= 11 is 1.24. The van der Waals surface area contributed by atoms with Gasteiger partial charge in [-0.2, -0.15) is 0 Å². The Morgan fingerprint density at radius 3 is 2.65 bits per heavy atom. The number of nitrogen functional groups attached to an aromatic ring is 1. The first-order chi connectivity index (χ1) is 9.54. The van der Waals surface area contributed by atoms with E-state index in [1.54, 1.807) is 18.2 Å². The molecule has 0 aliphatic heterocycles. The van der Waals surface area contributed by atoms with Gasteiger partial charge in [-0.25, -0.2) is 18.2 Å². The van der Waals surface area contributed by atoms with Gasteiger partial charge in [0.25, 0.3) is 0 Å². The number of anilines is 3. The first-order valence-electron chi connectivity index (χ1n) is 5.61. The quantitative estimate of drug-likeness (QED) is 0.554. The lowest BCUT2D eigenvalue weighted by molar-refractivity contribution is 0.449. The van der Waals surface area contributed by atoms with E-state index in [1.807, 2.05) is 0 Å². The zero-order valence-electron chi connectivity index (χ0n) is 9.95. The zero-order valence-corrected chi connectivity index (χ0v) is 10.8. The van der Waals surface area contributed by atoms with E-state index in [1.165, 1.54) is 11.3 Å². The van der Waals surface area contributed by atoms with Gasteiger partial charge in [0.05, 0.1) is 15.9 Å². The monoisotopic (exact) mass is 295 g/mol. The molecule has 3 nitrogen and oxygen atoms in total. The van der Waals surface area contributed by atoms with Gasteiger partial charge in [-0.15, -0.1) is 0 Å². The molecule has 0 saturated heterocycles. The molecular weight excluding hydrogens is 287 g/mol. The van der Waals surface area contributed by atoms with E-state index in [-0.39, 0.29) is 5.69 Å². The van der Waals surface area contributed by atoms with Crippen LogP contribution in [0, 0.1) is 17.5 Å². The Morgan fingerprint density at radius 2 is 1.85 bits per heavy atom. The molecule has 3 rings (SSSR count). The third kappa shape index (κ3) is 2.16. The summed E-state index contributed by atoms with van der Waals surface area (Å²) < 4.78 is 40.3. The molecular formula is C13H8F3N3S. The van der Waals surface area contributed by atoms with E-state index in [4.69, 9.17) is 5.73 Å². The van der Waals surface area contributed by atoms with E-state index in [9.17, 15) is 13.2 Å². The van der Waals surface area contributed by atoms with Crippen LogP contribution in [0.25, 0.3) is 10.2 Å². The fourth-order valence-corrected chi connectivity index (χ4v) is 2.66. The summed E-state index contributed by atoms with van der Waals surface area (Å²) in [7, 11) is 0. The molecule has 7 heteroatoms. The minimum absolute atomic E-state index is 0.170. The SMILES string of the molecule is Nc1ccc2nc(Nc3ccc(F)c(F)c3F)sc2c1. The van der Waals surface area contributed by atoms with Gasteiger partial charge in [-0.3, -0.25) is 0 Å². The second-order valence-electron chi connectivity index (χ2n) is 4.09. The molecule has 0 radical (unpaired) electrons. The zero-order chi connectivity index (χ0) is 14.3. The van der Waals surface area contributed by atoms with E-state index < -0.39 is 17.5 Å². The average Bonchev–Trinajstić information content (AvgIpc) is 2.81. The van der Waals surface area contributed by atoms with Crippen molar-refractivity contribution in [1.29, 1.82) is 0 Å². The van der Waals surface area contributed by atoms with Gasteiger partial charge in [-0.1, -0.05) is 11.3 Å². The summed E-state index contributed by atoms with van der Waals surface area (Å²) in [6.45, 7) is 0. The van der Waals surface area contributed by atoms with Crippen LogP contribution in [-0.4, -0.2) is 4.98 Å². The normalized spacial score (nSPS) is 10.9. The molecule has 0 amide bonds. The number of hydrogen-bond acceptors (Lipinski definition) is 4. The number of halogens is 3. The highest BCUT2D eigenvalue weighted by Gasteiger charge is 2.14. The third-order valence-corrected chi connectivity index (χ3v) is 3.62. The Balaban J connectivity index is 1.99. The minimum Gasteiger partial charge on any atom is -0.399 e. The number of thiazole rings is 1. The summed E-state index contributed by atoms with van der Waals surface area (Å²) in [5, 5.41) is 3.00.